The molecule has 1 aliphatic carbocycles. The zero-order valence-corrected chi connectivity index (χ0v) is 15.8. The number of likely N-dealkylation sites (tertiary alicyclic amines) is 1. The molecule has 2 aliphatic heterocycles. The normalized spacial score (nSPS) is 26.7. The van der Waals surface area contributed by atoms with Crippen molar-refractivity contribution in [1.82, 2.24) is 19.9 Å². The number of carbonyl (C=O) groups excluding carboxylic acids is 1. The average molecular weight is 362 g/mol. The molecular formula is C19H30N4O3. The van der Waals surface area contributed by atoms with Gasteiger partial charge in [-0.25, -0.2) is 0 Å². The van der Waals surface area contributed by atoms with Gasteiger partial charge < -0.3 is 14.2 Å². The predicted molar refractivity (Wildman–Crippen MR) is 95.8 cm³/mol. The summed E-state index contributed by atoms with van der Waals surface area (Å²) >= 11 is 0. The summed E-state index contributed by atoms with van der Waals surface area (Å²) in [4.78, 5) is 21.3. The molecule has 1 aromatic heterocycles. The van der Waals surface area contributed by atoms with E-state index in [1.165, 1.54) is 25.7 Å². The van der Waals surface area contributed by atoms with E-state index in [1.54, 1.807) is 0 Å². The van der Waals surface area contributed by atoms with Gasteiger partial charge in [0.2, 0.25) is 11.8 Å². The molecule has 1 saturated carbocycles. The number of hydrogen-bond acceptors (Lipinski definition) is 6. The van der Waals surface area contributed by atoms with Crippen LogP contribution in [0.1, 0.15) is 56.7 Å². The van der Waals surface area contributed by atoms with Crippen molar-refractivity contribution < 1.29 is 14.1 Å². The van der Waals surface area contributed by atoms with E-state index in [1.807, 2.05) is 4.90 Å². The van der Waals surface area contributed by atoms with Gasteiger partial charge in [-0.15, -0.1) is 0 Å². The van der Waals surface area contributed by atoms with Crippen molar-refractivity contribution in [3.63, 3.8) is 0 Å². The molecule has 0 radical (unpaired) electrons. The summed E-state index contributed by atoms with van der Waals surface area (Å²) in [6, 6.07) is 0. The molecule has 1 amide bonds. The predicted octanol–water partition coefficient (Wildman–Crippen LogP) is 1.84. The minimum atomic E-state index is 0.0461. The Balaban J connectivity index is 1.30. The third-order valence-electron chi connectivity index (χ3n) is 6.23. The molecule has 3 aliphatic rings. The van der Waals surface area contributed by atoms with Crippen LogP contribution in [0.3, 0.4) is 0 Å². The van der Waals surface area contributed by atoms with E-state index in [2.05, 4.69) is 22.0 Å². The van der Waals surface area contributed by atoms with E-state index in [4.69, 9.17) is 9.26 Å². The van der Waals surface area contributed by atoms with Gasteiger partial charge in [0.05, 0.1) is 19.1 Å². The van der Waals surface area contributed by atoms with Crippen LogP contribution in [0.5, 0.6) is 0 Å². The zero-order chi connectivity index (χ0) is 18.0. The molecule has 7 nitrogen and oxygen atoms in total. The lowest BCUT2D eigenvalue weighted by molar-refractivity contribution is -0.128. The third kappa shape index (κ3) is 4.09. The Morgan fingerprint density at radius 2 is 1.96 bits per heavy atom. The topological polar surface area (TPSA) is 71.7 Å². The highest BCUT2D eigenvalue weighted by Gasteiger charge is 2.35. The maximum atomic E-state index is 12.4. The molecule has 1 aromatic rings. The Hall–Kier alpha value is -1.47. The maximum absolute atomic E-state index is 12.4. The van der Waals surface area contributed by atoms with Gasteiger partial charge in [-0.05, 0) is 18.3 Å². The molecule has 4 rings (SSSR count). The van der Waals surface area contributed by atoms with Gasteiger partial charge in [-0.3, -0.25) is 9.69 Å². The van der Waals surface area contributed by atoms with Crippen LogP contribution in [0.4, 0.5) is 0 Å². The molecule has 144 valence electrons. The third-order valence-corrected chi connectivity index (χ3v) is 6.23. The molecule has 0 bridgehead atoms. The van der Waals surface area contributed by atoms with Crippen LogP contribution in [0.15, 0.2) is 4.52 Å². The summed E-state index contributed by atoms with van der Waals surface area (Å²) in [5.41, 5.74) is 0.316. The molecular weight excluding hydrogens is 332 g/mol. The van der Waals surface area contributed by atoms with Crippen molar-refractivity contribution >= 4 is 5.91 Å². The number of morpholine rings is 1. The Morgan fingerprint density at radius 3 is 2.73 bits per heavy atom. The fraction of sp³-hybridized carbons (Fsp3) is 0.842. The lowest BCUT2D eigenvalue weighted by Crippen LogP contribution is -2.41. The van der Waals surface area contributed by atoms with Crippen molar-refractivity contribution in [2.75, 3.05) is 45.9 Å². The number of nitrogens with zero attached hydrogens (tertiary/aromatic N) is 4. The fourth-order valence-electron chi connectivity index (χ4n) is 4.53. The minimum absolute atomic E-state index is 0.0461. The molecule has 2 saturated heterocycles. The van der Waals surface area contributed by atoms with Crippen molar-refractivity contribution in [2.45, 2.75) is 51.4 Å². The van der Waals surface area contributed by atoms with Crippen molar-refractivity contribution in [3.8, 4) is 0 Å². The van der Waals surface area contributed by atoms with Crippen LogP contribution in [0.2, 0.25) is 0 Å². The Morgan fingerprint density at radius 1 is 1.19 bits per heavy atom. The van der Waals surface area contributed by atoms with E-state index in [-0.39, 0.29) is 11.8 Å². The van der Waals surface area contributed by atoms with Gasteiger partial charge in [0.25, 0.3) is 0 Å². The SMILES string of the molecule is CC1(Cc2noc(C3CC(=O)N(CCN4CCOCC4)C3)n2)CCCC1. The summed E-state index contributed by atoms with van der Waals surface area (Å²) < 4.78 is 10.9. The molecule has 3 heterocycles. The van der Waals surface area contributed by atoms with E-state index in [9.17, 15) is 4.79 Å². The molecule has 0 aromatic carbocycles. The highest BCUT2D eigenvalue weighted by molar-refractivity contribution is 5.79. The Bertz CT molecular complexity index is 620. The smallest absolute Gasteiger partial charge is 0.232 e. The van der Waals surface area contributed by atoms with Gasteiger partial charge in [-0.2, -0.15) is 4.98 Å². The van der Waals surface area contributed by atoms with Crippen molar-refractivity contribution in [3.05, 3.63) is 11.7 Å². The lowest BCUT2D eigenvalue weighted by Gasteiger charge is -2.28. The molecule has 1 atom stereocenters. The first-order valence-electron chi connectivity index (χ1n) is 10.0. The van der Waals surface area contributed by atoms with E-state index < -0.39 is 0 Å². The number of ether oxygens (including phenoxy) is 1. The van der Waals surface area contributed by atoms with Gasteiger partial charge in [0, 0.05) is 45.6 Å². The number of hydrogen-bond donors (Lipinski definition) is 0. The van der Waals surface area contributed by atoms with Gasteiger partial charge in [0.1, 0.15) is 0 Å². The first-order chi connectivity index (χ1) is 12.6. The monoisotopic (exact) mass is 362 g/mol. The van der Waals surface area contributed by atoms with Crippen molar-refractivity contribution in [2.24, 2.45) is 5.41 Å². The minimum Gasteiger partial charge on any atom is -0.379 e. The quantitative estimate of drug-likeness (QED) is 0.769. The summed E-state index contributed by atoms with van der Waals surface area (Å²) in [6.45, 7) is 8.20. The Kier molecular flexibility index (Phi) is 5.27. The fourth-order valence-corrected chi connectivity index (χ4v) is 4.53. The highest BCUT2D eigenvalue weighted by atomic mass is 16.5. The maximum Gasteiger partial charge on any atom is 0.232 e. The molecule has 0 spiro atoms. The van der Waals surface area contributed by atoms with E-state index in [0.717, 1.165) is 51.6 Å². The summed E-state index contributed by atoms with van der Waals surface area (Å²) in [7, 11) is 0. The summed E-state index contributed by atoms with van der Waals surface area (Å²) in [6.07, 6.45) is 6.47. The number of rotatable bonds is 6. The van der Waals surface area contributed by atoms with E-state index in [0.29, 0.717) is 24.3 Å². The first kappa shape index (κ1) is 17.9. The van der Waals surface area contributed by atoms with Gasteiger partial charge >= 0.3 is 0 Å². The van der Waals surface area contributed by atoms with Crippen LogP contribution >= 0.6 is 0 Å². The first-order valence-corrected chi connectivity index (χ1v) is 10.0. The second kappa shape index (κ2) is 7.64. The Labute approximate surface area is 155 Å². The van der Waals surface area contributed by atoms with Crippen LogP contribution in [0, 0.1) is 5.41 Å². The molecule has 1 unspecified atom stereocenters. The van der Waals surface area contributed by atoms with Crippen LogP contribution in [0.25, 0.3) is 0 Å². The van der Waals surface area contributed by atoms with E-state index >= 15 is 0 Å². The zero-order valence-electron chi connectivity index (χ0n) is 15.8. The number of aromatic nitrogens is 2. The summed E-state index contributed by atoms with van der Waals surface area (Å²) in [5, 5.41) is 4.20. The molecule has 0 N–H and O–H groups in total. The summed E-state index contributed by atoms with van der Waals surface area (Å²) in [5.74, 6) is 1.70. The van der Waals surface area contributed by atoms with Gasteiger partial charge in [-0.1, -0.05) is 24.9 Å². The largest absolute Gasteiger partial charge is 0.379 e. The molecule has 26 heavy (non-hydrogen) atoms. The van der Waals surface area contributed by atoms with Crippen LogP contribution < -0.4 is 0 Å². The average Bonchev–Trinajstić information content (AvgIpc) is 3.35. The van der Waals surface area contributed by atoms with Crippen LogP contribution in [-0.4, -0.2) is 71.8 Å². The lowest BCUT2D eigenvalue weighted by atomic mass is 9.85. The standard InChI is InChI=1S/C19H30N4O3/c1-19(4-2-3-5-19)13-16-20-18(26-21-16)15-12-17(24)23(14-15)7-6-22-8-10-25-11-9-22/h15H,2-14H2,1H3. The second-order valence-corrected chi connectivity index (χ2v) is 8.44. The second-order valence-electron chi connectivity index (χ2n) is 8.44. The van der Waals surface area contributed by atoms with Crippen molar-refractivity contribution in [1.29, 1.82) is 0 Å². The van der Waals surface area contributed by atoms with Gasteiger partial charge in [0.15, 0.2) is 5.82 Å². The molecule has 7 heteroatoms. The number of carbonyl (C=O) groups is 1. The highest BCUT2D eigenvalue weighted by Crippen LogP contribution is 2.40. The molecule has 3 fully saturated rings. The number of amides is 1. The van der Waals surface area contributed by atoms with Crippen LogP contribution in [-0.2, 0) is 16.0 Å².